The quantitative estimate of drug-likeness (QED) is 0.572. The number of rotatable bonds is 5. The highest BCUT2D eigenvalue weighted by atomic mass is 35.5. The largest absolute Gasteiger partial charge is 0.445 e. The number of halogens is 1. The normalized spacial score (nSPS) is 16.3. The van der Waals surface area contributed by atoms with Gasteiger partial charge in [0.25, 0.3) is 0 Å². The predicted octanol–water partition coefficient (Wildman–Crippen LogP) is 5.26. The van der Waals surface area contributed by atoms with Crippen molar-refractivity contribution < 1.29 is 9.53 Å². The van der Waals surface area contributed by atoms with E-state index in [2.05, 4.69) is 9.59 Å². The SMILES string of the molecule is O=C(OCc1ccccc1)N1CCC[C@@H]1c1nnsc1Cc1ccc(Cl)cc1. The summed E-state index contributed by atoms with van der Waals surface area (Å²) in [6, 6.07) is 17.4. The molecule has 2 heterocycles. The van der Waals surface area contributed by atoms with Crippen molar-refractivity contribution in [3.8, 4) is 0 Å². The summed E-state index contributed by atoms with van der Waals surface area (Å²) in [7, 11) is 0. The van der Waals surface area contributed by atoms with Crippen LogP contribution >= 0.6 is 23.1 Å². The summed E-state index contributed by atoms with van der Waals surface area (Å²) < 4.78 is 9.69. The van der Waals surface area contributed by atoms with Crippen molar-refractivity contribution in [3.63, 3.8) is 0 Å². The van der Waals surface area contributed by atoms with Crippen LogP contribution < -0.4 is 0 Å². The Morgan fingerprint density at radius 1 is 1.14 bits per heavy atom. The standard InChI is InChI=1S/C21H20ClN3O2S/c22-17-10-8-15(9-11-17)13-19-20(23-24-28-19)18-7-4-12-25(18)21(26)27-14-16-5-2-1-3-6-16/h1-3,5-6,8-11,18H,4,7,12-14H2/t18-/m1/s1. The number of benzene rings is 2. The van der Waals surface area contributed by atoms with E-state index in [0.29, 0.717) is 6.54 Å². The highest BCUT2D eigenvalue weighted by Crippen LogP contribution is 2.35. The second-order valence-corrected chi connectivity index (χ2v) is 8.05. The summed E-state index contributed by atoms with van der Waals surface area (Å²) in [5, 5.41) is 5.07. The van der Waals surface area contributed by atoms with Crippen molar-refractivity contribution in [3.05, 3.63) is 81.3 Å². The second-order valence-electron chi connectivity index (χ2n) is 6.78. The van der Waals surface area contributed by atoms with Crippen molar-refractivity contribution >= 4 is 29.2 Å². The highest BCUT2D eigenvalue weighted by molar-refractivity contribution is 7.05. The monoisotopic (exact) mass is 413 g/mol. The Bertz CT molecular complexity index is 930. The van der Waals surface area contributed by atoms with Crippen LogP contribution in [0.15, 0.2) is 54.6 Å². The van der Waals surface area contributed by atoms with E-state index >= 15 is 0 Å². The molecule has 1 atom stereocenters. The third kappa shape index (κ3) is 4.34. The minimum absolute atomic E-state index is 0.0793. The first-order chi connectivity index (χ1) is 13.7. The maximum Gasteiger partial charge on any atom is 0.410 e. The summed E-state index contributed by atoms with van der Waals surface area (Å²) in [5.41, 5.74) is 3.01. The lowest BCUT2D eigenvalue weighted by molar-refractivity contribution is 0.0914. The summed E-state index contributed by atoms with van der Waals surface area (Å²) in [5.74, 6) is 0. The van der Waals surface area contributed by atoms with Crippen LogP contribution in [0.1, 0.15) is 40.6 Å². The van der Waals surface area contributed by atoms with Gasteiger partial charge in [0.1, 0.15) is 12.3 Å². The van der Waals surface area contributed by atoms with E-state index in [4.69, 9.17) is 16.3 Å². The molecular weight excluding hydrogens is 394 g/mol. The van der Waals surface area contributed by atoms with Gasteiger partial charge < -0.3 is 4.74 Å². The first kappa shape index (κ1) is 18.9. The second kappa shape index (κ2) is 8.71. The van der Waals surface area contributed by atoms with E-state index in [1.165, 1.54) is 11.5 Å². The first-order valence-electron chi connectivity index (χ1n) is 9.23. The Hall–Kier alpha value is -2.44. The van der Waals surface area contributed by atoms with Gasteiger partial charge in [0.05, 0.1) is 10.9 Å². The molecule has 0 aliphatic carbocycles. The van der Waals surface area contributed by atoms with Crippen molar-refractivity contribution in [2.75, 3.05) is 6.54 Å². The molecule has 0 saturated carbocycles. The Morgan fingerprint density at radius 2 is 1.93 bits per heavy atom. The zero-order valence-corrected chi connectivity index (χ0v) is 16.8. The number of hydrogen-bond acceptors (Lipinski definition) is 5. The zero-order chi connectivity index (χ0) is 19.3. The van der Waals surface area contributed by atoms with Crippen LogP contribution in [0.3, 0.4) is 0 Å². The molecular formula is C21H20ClN3O2S. The van der Waals surface area contributed by atoms with Crippen molar-refractivity contribution in [1.29, 1.82) is 0 Å². The summed E-state index contributed by atoms with van der Waals surface area (Å²) in [6.45, 7) is 0.950. The maximum atomic E-state index is 12.7. The topological polar surface area (TPSA) is 55.3 Å². The molecule has 7 heteroatoms. The first-order valence-corrected chi connectivity index (χ1v) is 10.4. The van der Waals surface area contributed by atoms with Gasteiger partial charge >= 0.3 is 6.09 Å². The minimum atomic E-state index is -0.295. The van der Waals surface area contributed by atoms with Crippen molar-refractivity contribution in [1.82, 2.24) is 14.5 Å². The van der Waals surface area contributed by atoms with Gasteiger partial charge in [-0.05, 0) is 47.6 Å². The molecule has 28 heavy (non-hydrogen) atoms. The predicted molar refractivity (Wildman–Crippen MR) is 109 cm³/mol. The van der Waals surface area contributed by atoms with Gasteiger partial charge in [0.2, 0.25) is 0 Å². The number of ether oxygens (including phenoxy) is 1. The molecule has 1 aromatic heterocycles. The molecule has 1 fully saturated rings. The lowest BCUT2D eigenvalue weighted by atomic mass is 10.1. The molecule has 3 aromatic rings. The Balaban J connectivity index is 1.45. The molecule has 0 spiro atoms. The van der Waals surface area contributed by atoms with Gasteiger partial charge in [-0.15, -0.1) is 5.10 Å². The molecule has 2 aromatic carbocycles. The molecule has 4 rings (SSSR count). The van der Waals surface area contributed by atoms with Crippen LogP contribution in [0.25, 0.3) is 0 Å². The van der Waals surface area contributed by atoms with Gasteiger partial charge in [0.15, 0.2) is 0 Å². The van der Waals surface area contributed by atoms with Gasteiger partial charge in [0, 0.05) is 18.0 Å². The third-order valence-corrected chi connectivity index (χ3v) is 5.86. The van der Waals surface area contributed by atoms with Crippen molar-refractivity contribution in [2.24, 2.45) is 0 Å². The van der Waals surface area contributed by atoms with Crippen LogP contribution in [-0.2, 0) is 17.8 Å². The highest BCUT2D eigenvalue weighted by Gasteiger charge is 2.34. The molecule has 1 amide bonds. The smallest absolute Gasteiger partial charge is 0.410 e. The molecule has 1 aliphatic heterocycles. The molecule has 0 bridgehead atoms. The molecule has 1 saturated heterocycles. The van der Waals surface area contributed by atoms with E-state index in [9.17, 15) is 4.79 Å². The number of likely N-dealkylation sites (tertiary alicyclic amines) is 1. The molecule has 0 N–H and O–H groups in total. The van der Waals surface area contributed by atoms with Gasteiger partial charge in [-0.3, -0.25) is 4.90 Å². The van der Waals surface area contributed by atoms with Crippen LogP contribution in [0.5, 0.6) is 0 Å². The van der Waals surface area contributed by atoms with E-state index in [0.717, 1.165) is 46.0 Å². The number of carbonyl (C=O) groups excluding carboxylic acids is 1. The average molecular weight is 414 g/mol. The fraction of sp³-hybridized carbons (Fsp3) is 0.286. The maximum absolute atomic E-state index is 12.7. The number of amides is 1. The van der Waals surface area contributed by atoms with Gasteiger partial charge in [-0.25, -0.2) is 4.79 Å². The number of carbonyl (C=O) groups is 1. The molecule has 144 valence electrons. The molecule has 0 unspecified atom stereocenters. The van der Waals surface area contributed by atoms with Gasteiger partial charge in [-0.2, -0.15) is 0 Å². The lowest BCUT2D eigenvalue weighted by Crippen LogP contribution is -2.31. The fourth-order valence-corrected chi connectivity index (χ4v) is 4.31. The summed E-state index contributed by atoms with van der Waals surface area (Å²) in [4.78, 5) is 15.5. The zero-order valence-electron chi connectivity index (χ0n) is 15.3. The van der Waals surface area contributed by atoms with Gasteiger partial charge in [-0.1, -0.05) is 58.6 Å². The Labute approximate surface area is 173 Å². The van der Waals surface area contributed by atoms with Crippen LogP contribution in [0.2, 0.25) is 5.02 Å². The van der Waals surface area contributed by atoms with E-state index in [1.54, 1.807) is 4.90 Å². The van der Waals surface area contributed by atoms with Crippen LogP contribution in [-0.4, -0.2) is 27.1 Å². The average Bonchev–Trinajstić information content (AvgIpc) is 3.38. The van der Waals surface area contributed by atoms with Crippen molar-refractivity contribution in [2.45, 2.75) is 31.9 Å². The van der Waals surface area contributed by atoms with E-state index in [-0.39, 0.29) is 18.7 Å². The summed E-state index contributed by atoms with van der Waals surface area (Å²) >= 11 is 7.36. The molecule has 0 radical (unpaired) electrons. The fourth-order valence-electron chi connectivity index (χ4n) is 3.45. The van der Waals surface area contributed by atoms with E-state index in [1.807, 2.05) is 54.6 Å². The van der Waals surface area contributed by atoms with E-state index < -0.39 is 0 Å². The lowest BCUT2D eigenvalue weighted by Gasteiger charge is -2.23. The number of hydrogen-bond donors (Lipinski definition) is 0. The molecule has 1 aliphatic rings. The third-order valence-electron chi connectivity index (χ3n) is 4.87. The number of aromatic nitrogens is 2. The number of nitrogens with zero attached hydrogens (tertiary/aromatic N) is 3. The van der Waals surface area contributed by atoms with Crippen LogP contribution in [0, 0.1) is 0 Å². The Kier molecular flexibility index (Phi) is 5.88. The molecule has 5 nitrogen and oxygen atoms in total. The Morgan fingerprint density at radius 3 is 2.71 bits per heavy atom. The summed E-state index contributed by atoms with van der Waals surface area (Å²) in [6.07, 6.45) is 2.24. The minimum Gasteiger partial charge on any atom is -0.445 e. The van der Waals surface area contributed by atoms with Crippen LogP contribution in [0.4, 0.5) is 4.79 Å².